The minimum Gasteiger partial charge on any atom is -0.403 e. The summed E-state index contributed by atoms with van der Waals surface area (Å²) in [6.45, 7) is 17.9. The highest BCUT2D eigenvalue weighted by Crippen LogP contribution is 2.42. The van der Waals surface area contributed by atoms with Crippen LogP contribution in [0.15, 0.2) is 30.3 Å². The van der Waals surface area contributed by atoms with E-state index in [1.54, 1.807) is 6.92 Å². The largest absolute Gasteiger partial charge is 0.461 e. The maximum Gasteiger partial charge on any atom is 0.461 e. The fraction of sp³-hybridized carbons (Fsp3) is 0.692. The average Bonchev–Trinajstić information content (AvgIpc) is 2.98. The van der Waals surface area contributed by atoms with Crippen LogP contribution in [0.5, 0.6) is 0 Å². The first-order valence-corrected chi connectivity index (χ1v) is 11.9. The molecular formula is C26H41BO5. The first-order chi connectivity index (χ1) is 14.8. The Morgan fingerprint density at radius 1 is 0.906 bits per heavy atom. The van der Waals surface area contributed by atoms with E-state index in [1.807, 2.05) is 85.7 Å². The molecule has 1 fully saturated rings. The van der Waals surface area contributed by atoms with Crippen molar-refractivity contribution in [1.29, 1.82) is 0 Å². The van der Waals surface area contributed by atoms with Crippen LogP contribution in [0.1, 0.15) is 74.3 Å². The molecule has 6 heteroatoms. The van der Waals surface area contributed by atoms with Crippen LogP contribution >= 0.6 is 0 Å². The van der Waals surface area contributed by atoms with E-state index < -0.39 is 24.2 Å². The highest BCUT2D eigenvalue weighted by atomic mass is 16.7. The molecule has 5 atom stereocenters. The Kier molecular flexibility index (Phi) is 8.88. The van der Waals surface area contributed by atoms with Crippen LogP contribution in [-0.2, 0) is 30.2 Å². The van der Waals surface area contributed by atoms with Gasteiger partial charge in [0.15, 0.2) is 0 Å². The standard InChI is InChI=1S/C26H41BO5/c1-10-22(30-16-21-14-12-11-13-15-21)18(3)24(29)19(4)23(28)17(2)20(5)27-31-25(6,7)26(8,9)32-27/h11-15,17-20,22H,10,16H2,1-9H3/t17-,18+,19?,20+,22+/m1/s1. The van der Waals surface area contributed by atoms with Crippen molar-refractivity contribution in [3.63, 3.8) is 0 Å². The fourth-order valence-electron chi connectivity index (χ4n) is 4.10. The second-order valence-electron chi connectivity index (χ2n) is 10.3. The van der Waals surface area contributed by atoms with Gasteiger partial charge in [-0.15, -0.1) is 0 Å². The van der Waals surface area contributed by atoms with Crippen molar-refractivity contribution >= 4 is 18.7 Å². The number of benzene rings is 1. The van der Waals surface area contributed by atoms with Crippen molar-refractivity contribution in [2.45, 2.75) is 98.5 Å². The van der Waals surface area contributed by atoms with Crippen molar-refractivity contribution in [2.75, 3.05) is 0 Å². The Hall–Kier alpha value is -1.50. The lowest BCUT2D eigenvalue weighted by atomic mass is 9.64. The summed E-state index contributed by atoms with van der Waals surface area (Å²) in [5, 5.41) is 0. The highest BCUT2D eigenvalue weighted by Gasteiger charge is 2.54. The van der Waals surface area contributed by atoms with Gasteiger partial charge in [-0.05, 0) is 46.6 Å². The predicted molar refractivity (Wildman–Crippen MR) is 128 cm³/mol. The molecule has 2 rings (SSSR count). The number of carbonyl (C=O) groups is 2. The summed E-state index contributed by atoms with van der Waals surface area (Å²) >= 11 is 0. The summed E-state index contributed by atoms with van der Waals surface area (Å²) in [5.74, 6) is -1.71. The van der Waals surface area contributed by atoms with Crippen molar-refractivity contribution < 1.29 is 23.6 Å². The number of ketones is 2. The summed E-state index contributed by atoms with van der Waals surface area (Å²) in [4.78, 5) is 26.4. The third kappa shape index (κ3) is 5.89. The number of rotatable bonds is 11. The molecule has 0 radical (unpaired) electrons. The van der Waals surface area contributed by atoms with Crippen molar-refractivity contribution in [3.8, 4) is 0 Å². The molecule has 1 saturated heterocycles. The Labute approximate surface area is 194 Å². The van der Waals surface area contributed by atoms with Crippen molar-refractivity contribution in [3.05, 3.63) is 35.9 Å². The summed E-state index contributed by atoms with van der Waals surface area (Å²) in [7, 11) is -0.476. The van der Waals surface area contributed by atoms with Gasteiger partial charge in [0.05, 0.1) is 29.8 Å². The third-order valence-electron chi connectivity index (χ3n) is 7.51. The fourth-order valence-corrected chi connectivity index (χ4v) is 4.10. The highest BCUT2D eigenvalue weighted by molar-refractivity contribution is 6.48. The lowest BCUT2D eigenvalue weighted by molar-refractivity contribution is -0.139. The molecular weight excluding hydrogens is 403 g/mol. The van der Waals surface area contributed by atoms with Crippen LogP contribution in [0.4, 0.5) is 0 Å². The van der Waals surface area contributed by atoms with Gasteiger partial charge in [-0.1, -0.05) is 58.0 Å². The topological polar surface area (TPSA) is 61.8 Å². The lowest BCUT2D eigenvalue weighted by Gasteiger charge is -2.32. The van der Waals surface area contributed by atoms with E-state index in [0.29, 0.717) is 13.0 Å². The van der Waals surface area contributed by atoms with Crippen LogP contribution in [0.25, 0.3) is 0 Å². The number of ether oxygens (including phenoxy) is 1. The van der Waals surface area contributed by atoms with Crippen LogP contribution in [0.3, 0.4) is 0 Å². The van der Waals surface area contributed by atoms with Gasteiger partial charge >= 0.3 is 7.12 Å². The predicted octanol–water partition coefficient (Wildman–Crippen LogP) is 5.51. The summed E-state index contributed by atoms with van der Waals surface area (Å²) in [6, 6.07) is 9.91. The third-order valence-corrected chi connectivity index (χ3v) is 7.51. The number of hydrogen-bond acceptors (Lipinski definition) is 5. The molecule has 5 nitrogen and oxygen atoms in total. The molecule has 1 aromatic rings. The van der Waals surface area contributed by atoms with Crippen LogP contribution in [0.2, 0.25) is 5.82 Å². The van der Waals surface area contributed by atoms with Crippen LogP contribution in [0, 0.1) is 17.8 Å². The number of hydrogen-bond donors (Lipinski definition) is 0. The van der Waals surface area contributed by atoms with Gasteiger partial charge in [-0.3, -0.25) is 9.59 Å². The Bertz CT molecular complexity index is 760. The zero-order valence-electron chi connectivity index (χ0n) is 21.3. The Morgan fingerprint density at radius 2 is 1.41 bits per heavy atom. The van der Waals surface area contributed by atoms with Gasteiger partial charge in [0.2, 0.25) is 0 Å². The SMILES string of the molecule is CC[C@H](OCc1ccccc1)[C@H](C)C(=O)C(C)C(=O)[C@H](C)[C@H](C)B1OC(C)(C)C(C)(C)O1. The maximum absolute atomic E-state index is 13.2. The van der Waals surface area contributed by atoms with Gasteiger partial charge in [0.25, 0.3) is 0 Å². The van der Waals surface area contributed by atoms with Gasteiger partial charge in [0.1, 0.15) is 11.6 Å². The molecule has 1 aromatic carbocycles. The number of Topliss-reactive ketones (excluding diaryl/α,β-unsaturated/α-hetero) is 2. The van der Waals surface area contributed by atoms with Gasteiger partial charge in [0, 0.05) is 17.7 Å². The van der Waals surface area contributed by atoms with E-state index in [0.717, 1.165) is 5.56 Å². The molecule has 1 aliphatic heterocycles. The molecule has 0 bridgehead atoms. The summed E-state index contributed by atoms with van der Waals surface area (Å²) < 4.78 is 18.3. The first kappa shape index (κ1) is 26.8. The molecule has 1 unspecified atom stereocenters. The van der Waals surface area contributed by atoms with Crippen LogP contribution in [-0.4, -0.2) is 36.0 Å². The van der Waals surface area contributed by atoms with Gasteiger partial charge in [-0.25, -0.2) is 0 Å². The second-order valence-corrected chi connectivity index (χ2v) is 10.3. The molecule has 0 amide bonds. The molecule has 0 spiro atoms. The molecule has 178 valence electrons. The zero-order valence-corrected chi connectivity index (χ0v) is 21.3. The smallest absolute Gasteiger partial charge is 0.403 e. The van der Waals surface area contributed by atoms with Gasteiger partial charge in [-0.2, -0.15) is 0 Å². The molecule has 32 heavy (non-hydrogen) atoms. The molecule has 1 aliphatic rings. The molecule has 0 aliphatic carbocycles. The van der Waals surface area contributed by atoms with Crippen molar-refractivity contribution in [1.82, 2.24) is 0 Å². The second kappa shape index (κ2) is 10.6. The Balaban J connectivity index is 1.99. The van der Waals surface area contributed by atoms with E-state index in [4.69, 9.17) is 14.0 Å². The van der Waals surface area contributed by atoms with Crippen molar-refractivity contribution in [2.24, 2.45) is 17.8 Å². The van der Waals surface area contributed by atoms with Gasteiger partial charge < -0.3 is 14.0 Å². The molecule has 1 heterocycles. The van der Waals surface area contributed by atoms with Crippen LogP contribution < -0.4 is 0 Å². The van der Waals surface area contributed by atoms with E-state index in [9.17, 15) is 9.59 Å². The summed E-state index contributed by atoms with van der Waals surface area (Å²) in [6.07, 6.45) is 0.481. The van der Waals surface area contributed by atoms with E-state index >= 15 is 0 Å². The average molecular weight is 444 g/mol. The zero-order chi connectivity index (χ0) is 24.3. The monoisotopic (exact) mass is 444 g/mol. The van der Waals surface area contributed by atoms with E-state index in [1.165, 1.54) is 0 Å². The molecule has 0 saturated carbocycles. The molecule has 0 aromatic heterocycles. The van der Waals surface area contributed by atoms with E-state index in [-0.39, 0.29) is 35.3 Å². The lowest BCUT2D eigenvalue weighted by Crippen LogP contribution is -2.41. The minimum atomic E-state index is -0.695. The minimum absolute atomic E-state index is 0.0668. The van der Waals surface area contributed by atoms with E-state index in [2.05, 4.69) is 0 Å². The maximum atomic E-state index is 13.2. The molecule has 0 N–H and O–H groups in total. The normalized spacial score (nSPS) is 22.1. The number of carbonyl (C=O) groups excluding carboxylic acids is 2. The Morgan fingerprint density at radius 3 is 1.91 bits per heavy atom. The summed E-state index contributed by atoms with van der Waals surface area (Å²) in [5.41, 5.74) is 0.170. The quantitative estimate of drug-likeness (QED) is 0.333. The first-order valence-electron chi connectivity index (χ1n) is 11.9.